The van der Waals surface area contributed by atoms with Gasteiger partial charge < -0.3 is 15.4 Å². The van der Waals surface area contributed by atoms with E-state index in [0.29, 0.717) is 36.4 Å². The predicted molar refractivity (Wildman–Crippen MR) is 101 cm³/mol. The number of hydrogen-bond acceptors (Lipinski definition) is 3. The summed E-state index contributed by atoms with van der Waals surface area (Å²) in [6, 6.07) is 9.00. The van der Waals surface area contributed by atoms with Gasteiger partial charge in [-0.2, -0.15) is 0 Å². The van der Waals surface area contributed by atoms with E-state index in [2.05, 4.69) is 20.6 Å². The van der Waals surface area contributed by atoms with Crippen molar-refractivity contribution in [1.82, 2.24) is 15.6 Å². The fourth-order valence-corrected chi connectivity index (χ4v) is 2.54. The molecule has 1 aromatic heterocycles. The molecule has 2 N–H and O–H groups in total. The number of halogens is 1. The van der Waals surface area contributed by atoms with Crippen LogP contribution in [0.1, 0.15) is 29.5 Å². The maximum atomic E-state index is 13.3. The summed E-state index contributed by atoms with van der Waals surface area (Å²) < 4.78 is 19.0. The lowest BCUT2D eigenvalue weighted by Crippen LogP contribution is -2.36. The van der Waals surface area contributed by atoms with E-state index in [1.165, 1.54) is 18.9 Å². The molecule has 2 aromatic rings. The van der Waals surface area contributed by atoms with Crippen LogP contribution in [0.25, 0.3) is 0 Å². The van der Waals surface area contributed by atoms with Crippen LogP contribution in [0.15, 0.2) is 41.5 Å². The van der Waals surface area contributed by atoms with E-state index in [0.717, 1.165) is 17.7 Å². The largest absolute Gasteiger partial charge is 0.477 e. The number of aromatic nitrogens is 1. The van der Waals surface area contributed by atoms with Gasteiger partial charge in [-0.05, 0) is 54.5 Å². The number of hydrogen-bond donors (Lipinski definition) is 2. The summed E-state index contributed by atoms with van der Waals surface area (Å²) in [4.78, 5) is 8.47. The monoisotopic (exact) mass is 356 g/mol. The molecular formula is C20H25FN4O. The Hall–Kier alpha value is -2.63. The van der Waals surface area contributed by atoms with Gasteiger partial charge in [0.15, 0.2) is 5.96 Å². The summed E-state index contributed by atoms with van der Waals surface area (Å²) in [5.74, 6) is 1.87. The number of nitrogens with zero attached hydrogens (tertiary/aromatic N) is 2. The highest BCUT2D eigenvalue weighted by Gasteiger charge is 2.22. The van der Waals surface area contributed by atoms with E-state index in [9.17, 15) is 4.39 Å². The van der Waals surface area contributed by atoms with Crippen LogP contribution in [0, 0.1) is 18.7 Å². The molecule has 0 spiro atoms. The maximum Gasteiger partial charge on any atom is 0.213 e. The first-order valence-electron chi connectivity index (χ1n) is 8.91. The Balaban J connectivity index is 1.48. The minimum absolute atomic E-state index is 0.186. The highest BCUT2D eigenvalue weighted by atomic mass is 19.1. The van der Waals surface area contributed by atoms with Crippen LogP contribution in [0.4, 0.5) is 4.39 Å². The average Bonchev–Trinajstić information content (AvgIpc) is 3.48. The van der Waals surface area contributed by atoms with Crippen LogP contribution in [-0.2, 0) is 13.1 Å². The quantitative estimate of drug-likeness (QED) is 0.591. The third kappa shape index (κ3) is 5.44. The number of benzene rings is 1. The number of aliphatic imine (C=N–C) groups is 1. The van der Waals surface area contributed by atoms with Gasteiger partial charge >= 0.3 is 0 Å². The molecule has 0 unspecified atom stereocenters. The number of nitrogens with one attached hydrogen (secondary N) is 2. The summed E-state index contributed by atoms with van der Waals surface area (Å²) in [5.41, 5.74) is 2.72. The second kappa shape index (κ2) is 8.65. The lowest BCUT2D eigenvalue weighted by atomic mass is 10.1. The van der Waals surface area contributed by atoms with Gasteiger partial charge in [-0.3, -0.25) is 4.99 Å². The molecule has 26 heavy (non-hydrogen) atoms. The van der Waals surface area contributed by atoms with Crippen LogP contribution in [0.2, 0.25) is 0 Å². The number of guanidine groups is 1. The van der Waals surface area contributed by atoms with Gasteiger partial charge in [0.1, 0.15) is 5.82 Å². The second-order valence-corrected chi connectivity index (χ2v) is 6.62. The molecule has 1 aliphatic carbocycles. The molecule has 3 rings (SSSR count). The molecule has 1 aromatic carbocycles. The molecule has 1 aliphatic rings. The van der Waals surface area contributed by atoms with Crippen molar-refractivity contribution >= 4 is 5.96 Å². The predicted octanol–water partition coefficient (Wildman–Crippen LogP) is 3.18. The molecule has 0 atom stereocenters. The van der Waals surface area contributed by atoms with Gasteiger partial charge in [0.25, 0.3) is 0 Å². The van der Waals surface area contributed by atoms with Crippen molar-refractivity contribution in [3.05, 3.63) is 59.0 Å². The lowest BCUT2D eigenvalue weighted by molar-refractivity contribution is 0.288. The first-order chi connectivity index (χ1) is 12.6. The molecule has 0 amide bonds. The Labute approximate surface area is 153 Å². The zero-order valence-electron chi connectivity index (χ0n) is 15.3. The maximum absolute atomic E-state index is 13.3. The fourth-order valence-electron chi connectivity index (χ4n) is 2.54. The molecule has 5 nitrogen and oxygen atoms in total. The van der Waals surface area contributed by atoms with Crippen molar-refractivity contribution in [1.29, 1.82) is 0 Å². The van der Waals surface area contributed by atoms with Gasteiger partial charge in [-0.25, -0.2) is 9.37 Å². The third-order valence-electron chi connectivity index (χ3n) is 4.33. The van der Waals surface area contributed by atoms with Crippen molar-refractivity contribution in [2.75, 3.05) is 13.7 Å². The Kier molecular flexibility index (Phi) is 6.04. The van der Waals surface area contributed by atoms with Gasteiger partial charge in [0.05, 0.1) is 6.61 Å². The standard InChI is InChI=1S/C20H25FN4O/c1-14-9-16(5-6-18(14)21)11-24-20(22-2)25-12-17-7-8-23-19(10-17)26-13-15-3-4-15/h5-10,15H,3-4,11-13H2,1-2H3,(H2,22,24,25). The van der Waals surface area contributed by atoms with E-state index in [1.807, 2.05) is 18.2 Å². The molecule has 0 aliphatic heterocycles. The average molecular weight is 356 g/mol. The summed E-state index contributed by atoms with van der Waals surface area (Å²) in [5, 5.41) is 6.50. The van der Waals surface area contributed by atoms with E-state index in [1.54, 1.807) is 26.2 Å². The summed E-state index contributed by atoms with van der Waals surface area (Å²) in [7, 11) is 1.72. The van der Waals surface area contributed by atoms with Gasteiger partial charge in [0.2, 0.25) is 5.88 Å². The third-order valence-corrected chi connectivity index (χ3v) is 4.33. The summed E-state index contributed by atoms with van der Waals surface area (Å²) in [6.45, 7) is 3.71. The Morgan fingerprint density at radius 1 is 1.19 bits per heavy atom. The molecule has 0 bridgehead atoms. The second-order valence-electron chi connectivity index (χ2n) is 6.62. The van der Waals surface area contributed by atoms with Crippen molar-refractivity contribution < 1.29 is 9.13 Å². The molecule has 1 fully saturated rings. The molecule has 1 saturated carbocycles. The highest BCUT2D eigenvalue weighted by molar-refractivity contribution is 5.79. The van der Waals surface area contributed by atoms with Gasteiger partial charge in [0, 0.05) is 32.4 Å². The molecule has 0 saturated heterocycles. The van der Waals surface area contributed by atoms with Crippen molar-refractivity contribution in [3.8, 4) is 5.88 Å². The SMILES string of the molecule is CN=C(NCc1ccnc(OCC2CC2)c1)NCc1ccc(F)c(C)c1. The van der Waals surface area contributed by atoms with E-state index < -0.39 is 0 Å². The molecule has 0 radical (unpaired) electrons. The Bertz CT molecular complexity index is 774. The van der Waals surface area contributed by atoms with Crippen LogP contribution in [-0.4, -0.2) is 24.6 Å². The Morgan fingerprint density at radius 3 is 2.58 bits per heavy atom. The van der Waals surface area contributed by atoms with E-state index in [4.69, 9.17) is 4.74 Å². The summed E-state index contributed by atoms with van der Waals surface area (Å²) in [6.07, 6.45) is 4.28. The number of ether oxygens (including phenoxy) is 1. The Morgan fingerprint density at radius 2 is 1.92 bits per heavy atom. The normalized spacial score (nSPS) is 14.2. The van der Waals surface area contributed by atoms with E-state index in [-0.39, 0.29) is 5.82 Å². The topological polar surface area (TPSA) is 58.5 Å². The zero-order chi connectivity index (χ0) is 18.4. The van der Waals surface area contributed by atoms with Crippen LogP contribution in [0.5, 0.6) is 5.88 Å². The number of aryl methyl sites for hydroxylation is 1. The van der Waals surface area contributed by atoms with Crippen LogP contribution < -0.4 is 15.4 Å². The number of pyridine rings is 1. The zero-order valence-corrected chi connectivity index (χ0v) is 15.3. The van der Waals surface area contributed by atoms with Crippen molar-refractivity contribution in [3.63, 3.8) is 0 Å². The molecule has 1 heterocycles. The van der Waals surface area contributed by atoms with Crippen LogP contribution in [0.3, 0.4) is 0 Å². The van der Waals surface area contributed by atoms with Crippen molar-refractivity contribution in [2.24, 2.45) is 10.9 Å². The highest BCUT2D eigenvalue weighted by Crippen LogP contribution is 2.29. The van der Waals surface area contributed by atoms with Gasteiger partial charge in [-0.15, -0.1) is 0 Å². The first-order valence-corrected chi connectivity index (χ1v) is 8.91. The smallest absolute Gasteiger partial charge is 0.213 e. The minimum Gasteiger partial charge on any atom is -0.477 e. The van der Waals surface area contributed by atoms with Crippen LogP contribution >= 0.6 is 0 Å². The molecular weight excluding hydrogens is 331 g/mol. The minimum atomic E-state index is -0.186. The molecule has 138 valence electrons. The van der Waals surface area contributed by atoms with Crippen molar-refractivity contribution in [2.45, 2.75) is 32.9 Å². The van der Waals surface area contributed by atoms with E-state index >= 15 is 0 Å². The number of rotatable bonds is 7. The first kappa shape index (κ1) is 18.2. The fraction of sp³-hybridized carbons (Fsp3) is 0.400. The molecule has 6 heteroatoms. The summed E-state index contributed by atoms with van der Waals surface area (Å²) >= 11 is 0. The van der Waals surface area contributed by atoms with Gasteiger partial charge in [-0.1, -0.05) is 12.1 Å². The lowest BCUT2D eigenvalue weighted by Gasteiger charge is -2.13.